The van der Waals surface area contributed by atoms with E-state index < -0.39 is 0 Å². The molecule has 1 atom stereocenters. The van der Waals surface area contributed by atoms with Crippen molar-refractivity contribution in [2.45, 2.75) is 18.9 Å². The number of rotatable bonds is 4. The Labute approximate surface area is 119 Å². The summed E-state index contributed by atoms with van der Waals surface area (Å²) in [6, 6.07) is 0. The predicted octanol–water partition coefficient (Wildman–Crippen LogP) is 0.500. The Bertz CT molecular complexity index is 464. The van der Waals surface area contributed by atoms with Crippen molar-refractivity contribution < 1.29 is 9.53 Å². The van der Waals surface area contributed by atoms with E-state index in [1.165, 1.54) is 0 Å². The Balaban J connectivity index is 1.98. The minimum absolute atomic E-state index is 0.0225. The highest BCUT2D eigenvalue weighted by Gasteiger charge is 2.21. The summed E-state index contributed by atoms with van der Waals surface area (Å²) in [5.74, 6) is 0.103. The summed E-state index contributed by atoms with van der Waals surface area (Å²) >= 11 is 0. The molecule has 0 radical (unpaired) electrons. The molecule has 0 unspecified atom stereocenters. The zero-order chi connectivity index (χ0) is 14.5. The van der Waals surface area contributed by atoms with Crippen molar-refractivity contribution in [3.8, 4) is 0 Å². The quantitative estimate of drug-likeness (QED) is 0.803. The number of nitrogens with zero attached hydrogens (tertiary/aromatic N) is 4. The molecular formula is C14H22N4O2. The molecule has 0 spiro atoms. The van der Waals surface area contributed by atoms with Gasteiger partial charge in [-0.2, -0.15) is 0 Å². The van der Waals surface area contributed by atoms with Crippen molar-refractivity contribution in [1.82, 2.24) is 19.8 Å². The molecule has 0 bridgehead atoms. The number of hydrogen-bond donors (Lipinski definition) is 0. The van der Waals surface area contributed by atoms with Crippen LogP contribution in [0.25, 0.3) is 0 Å². The number of morpholine rings is 1. The molecule has 1 aromatic heterocycles. The van der Waals surface area contributed by atoms with E-state index in [9.17, 15) is 4.79 Å². The molecule has 6 nitrogen and oxygen atoms in total. The summed E-state index contributed by atoms with van der Waals surface area (Å²) in [5, 5.41) is 0. The molecule has 0 saturated carbocycles. The third-order valence-electron chi connectivity index (χ3n) is 3.40. The molecule has 2 heterocycles. The van der Waals surface area contributed by atoms with Gasteiger partial charge in [0, 0.05) is 39.8 Å². The maximum atomic E-state index is 11.6. The van der Waals surface area contributed by atoms with E-state index in [1.54, 1.807) is 31.4 Å². The number of carbonyl (C=O) groups excluding carboxylic acids is 1. The lowest BCUT2D eigenvalue weighted by Gasteiger charge is -2.29. The van der Waals surface area contributed by atoms with Crippen LogP contribution < -0.4 is 0 Å². The first-order chi connectivity index (χ1) is 9.56. The minimum Gasteiger partial charge on any atom is -0.369 e. The molecular weight excluding hydrogens is 256 g/mol. The van der Waals surface area contributed by atoms with E-state index in [0.29, 0.717) is 19.4 Å². The fourth-order valence-corrected chi connectivity index (χ4v) is 2.11. The van der Waals surface area contributed by atoms with Crippen LogP contribution in [-0.2, 0) is 16.0 Å². The smallest absolute Gasteiger partial charge is 0.222 e. The lowest BCUT2D eigenvalue weighted by Crippen LogP contribution is -2.35. The molecule has 1 fully saturated rings. The largest absolute Gasteiger partial charge is 0.369 e. The standard InChI is InChI=1S/C14H22N4O2/c1-17(2)14(19)5-4-11-8-15-9-12(16-11)13-10-18(3)6-7-20-13/h8-9,13H,4-7,10H2,1-3H3/t13-/m1/s1. The van der Waals surface area contributed by atoms with Crippen LogP contribution in [0.1, 0.15) is 23.9 Å². The molecule has 20 heavy (non-hydrogen) atoms. The number of hydrogen-bond acceptors (Lipinski definition) is 5. The number of aryl methyl sites for hydroxylation is 1. The number of aromatic nitrogens is 2. The molecule has 0 aliphatic carbocycles. The van der Waals surface area contributed by atoms with Crippen LogP contribution in [0.3, 0.4) is 0 Å². The highest BCUT2D eigenvalue weighted by Crippen LogP contribution is 2.19. The molecule has 1 aromatic rings. The van der Waals surface area contributed by atoms with Crippen LogP contribution in [0.15, 0.2) is 12.4 Å². The zero-order valence-corrected chi connectivity index (χ0v) is 12.4. The van der Waals surface area contributed by atoms with Crippen molar-refractivity contribution in [2.24, 2.45) is 0 Å². The molecule has 0 N–H and O–H groups in total. The third-order valence-corrected chi connectivity index (χ3v) is 3.40. The van der Waals surface area contributed by atoms with Crippen LogP contribution in [-0.4, -0.2) is 66.5 Å². The molecule has 0 aromatic carbocycles. The van der Waals surface area contributed by atoms with Gasteiger partial charge in [0.15, 0.2) is 0 Å². The van der Waals surface area contributed by atoms with E-state index in [2.05, 4.69) is 21.9 Å². The fraction of sp³-hybridized carbons (Fsp3) is 0.643. The number of ether oxygens (including phenoxy) is 1. The Morgan fingerprint density at radius 3 is 3.00 bits per heavy atom. The number of amides is 1. The maximum Gasteiger partial charge on any atom is 0.222 e. The Morgan fingerprint density at radius 1 is 1.50 bits per heavy atom. The van der Waals surface area contributed by atoms with Gasteiger partial charge in [0.2, 0.25) is 5.91 Å². The van der Waals surface area contributed by atoms with E-state index in [0.717, 1.165) is 24.5 Å². The second-order valence-electron chi connectivity index (χ2n) is 5.35. The van der Waals surface area contributed by atoms with Crippen molar-refractivity contribution in [2.75, 3.05) is 40.8 Å². The first-order valence-electron chi connectivity index (χ1n) is 6.87. The van der Waals surface area contributed by atoms with E-state index in [-0.39, 0.29) is 12.0 Å². The summed E-state index contributed by atoms with van der Waals surface area (Å²) in [6.45, 7) is 2.49. The zero-order valence-electron chi connectivity index (χ0n) is 12.4. The van der Waals surface area contributed by atoms with Crippen LogP contribution in [0, 0.1) is 0 Å². The summed E-state index contributed by atoms with van der Waals surface area (Å²) in [4.78, 5) is 24.2. The van der Waals surface area contributed by atoms with Crippen LogP contribution in [0.2, 0.25) is 0 Å². The average Bonchev–Trinajstić information content (AvgIpc) is 2.45. The van der Waals surface area contributed by atoms with Gasteiger partial charge in [-0.25, -0.2) is 0 Å². The van der Waals surface area contributed by atoms with Gasteiger partial charge in [-0.3, -0.25) is 14.8 Å². The molecule has 2 rings (SSSR count). The fourth-order valence-electron chi connectivity index (χ4n) is 2.11. The second kappa shape index (κ2) is 6.76. The van der Waals surface area contributed by atoms with Crippen LogP contribution >= 0.6 is 0 Å². The third kappa shape index (κ3) is 3.98. The summed E-state index contributed by atoms with van der Waals surface area (Å²) < 4.78 is 5.73. The topological polar surface area (TPSA) is 58.6 Å². The van der Waals surface area contributed by atoms with E-state index in [1.807, 2.05) is 0 Å². The first-order valence-corrected chi connectivity index (χ1v) is 6.87. The molecule has 110 valence electrons. The summed E-state index contributed by atoms with van der Waals surface area (Å²) in [7, 11) is 5.59. The molecule has 1 aliphatic heterocycles. The van der Waals surface area contributed by atoms with E-state index in [4.69, 9.17) is 4.74 Å². The summed E-state index contributed by atoms with van der Waals surface area (Å²) in [6.07, 6.45) is 4.52. The highest BCUT2D eigenvalue weighted by atomic mass is 16.5. The van der Waals surface area contributed by atoms with Gasteiger partial charge in [-0.15, -0.1) is 0 Å². The second-order valence-corrected chi connectivity index (χ2v) is 5.35. The highest BCUT2D eigenvalue weighted by molar-refractivity contribution is 5.75. The first kappa shape index (κ1) is 14.9. The van der Waals surface area contributed by atoms with Gasteiger partial charge >= 0.3 is 0 Å². The van der Waals surface area contributed by atoms with Gasteiger partial charge in [0.05, 0.1) is 24.2 Å². The Hall–Kier alpha value is -1.53. The molecule has 1 saturated heterocycles. The molecule has 1 aliphatic rings. The van der Waals surface area contributed by atoms with Gasteiger partial charge in [-0.1, -0.05) is 0 Å². The van der Waals surface area contributed by atoms with Crippen LogP contribution in [0.4, 0.5) is 0 Å². The van der Waals surface area contributed by atoms with Gasteiger partial charge in [-0.05, 0) is 13.5 Å². The normalized spacial score (nSPS) is 19.9. The Kier molecular flexibility index (Phi) is 5.03. The van der Waals surface area contributed by atoms with Crippen molar-refractivity contribution in [3.63, 3.8) is 0 Å². The lowest BCUT2D eigenvalue weighted by molar-refractivity contribution is -0.128. The average molecular weight is 278 g/mol. The number of likely N-dealkylation sites (N-methyl/N-ethyl adjacent to an activating group) is 1. The predicted molar refractivity (Wildman–Crippen MR) is 75.2 cm³/mol. The Morgan fingerprint density at radius 2 is 2.30 bits per heavy atom. The summed E-state index contributed by atoms with van der Waals surface area (Å²) in [5.41, 5.74) is 1.70. The van der Waals surface area contributed by atoms with Gasteiger partial charge < -0.3 is 14.5 Å². The SMILES string of the molecule is CN1CCO[C@@H](c2cncc(CCC(=O)N(C)C)n2)C1. The van der Waals surface area contributed by atoms with E-state index >= 15 is 0 Å². The van der Waals surface area contributed by atoms with Crippen LogP contribution in [0.5, 0.6) is 0 Å². The lowest BCUT2D eigenvalue weighted by atomic mass is 10.2. The maximum absolute atomic E-state index is 11.6. The van der Waals surface area contributed by atoms with Crippen molar-refractivity contribution in [1.29, 1.82) is 0 Å². The van der Waals surface area contributed by atoms with Crippen molar-refractivity contribution in [3.05, 3.63) is 23.8 Å². The molecule has 1 amide bonds. The minimum atomic E-state index is -0.0225. The number of carbonyl (C=O) groups is 1. The van der Waals surface area contributed by atoms with Crippen molar-refractivity contribution >= 4 is 5.91 Å². The van der Waals surface area contributed by atoms with Gasteiger partial charge in [0.25, 0.3) is 0 Å². The molecule has 6 heteroatoms. The van der Waals surface area contributed by atoms with Gasteiger partial charge in [0.1, 0.15) is 6.10 Å². The monoisotopic (exact) mass is 278 g/mol.